The van der Waals surface area contributed by atoms with Crippen molar-refractivity contribution in [3.63, 3.8) is 0 Å². The largest absolute Gasteiger partial charge is 0.493 e. The first-order valence-corrected chi connectivity index (χ1v) is 8.19. The maximum atomic E-state index is 5.93. The minimum Gasteiger partial charge on any atom is -0.493 e. The fourth-order valence-corrected chi connectivity index (χ4v) is 3.12. The Hall–Kier alpha value is -1.52. The SMILES string of the molecule is CCCOc1ccc(CC(CN)c2cccs2)cc1OC. The fraction of sp³-hybridized carbons (Fsp3) is 0.412. The van der Waals surface area contributed by atoms with Crippen LogP contribution < -0.4 is 15.2 Å². The zero-order valence-electron chi connectivity index (χ0n) is 12.7. The molecule has 1 aromatic heterocycles. The van der Waals surface area contributed by atoms with Gasteiger partial charge in [0.1, 0.15) is 0 Å². The summed E-state index contributed by atoms with van der Waals surface area (Å²) in [6, 6.07) is 10.4. The van der Waals surface area contributed by atoms with Crippen LogP contribution >= 0.6 is 11.3 Å². The second kappa shape index (κ2) is 8.05. The minimum atomic E-state index is 0.358. The summed E-state index contributed by atoms with van der Waals surface area (Å²) in [5.74, 6) is 1.96. The van der Waals surface area contributed by atoms with Crippen molar-refractivity contribution >= 4 is 11.3 Å². The standard InChI is InChI=1S/C17H23NO2S/c1-3-8-20-15-7-6-13(11-16(15)19-2)10-14(12-18)17-5-4-9-21-17/h4-7,9,11,14H,3,8,10,12,18H2,1-2H3. The van der Waals surface area contributed by atoms with Crippen LogP contribution in [-0.2, 0) is 6.42 Å². The van der Waals surface area contributed by atoms with Crippen LogP contribution in [0.25, 0.3) is 0 Å². The molecule has 0 aliphatic rings. The minimum absolute atomic E-state index is 0.358. The highest BCUT2D eigenvalue weighted by atomic mass is 32.1. The lowest BCUT2D eigenvalue weighted by atomic mass is 9.97. The number of ether oxygens (including phenoxy) is 2. The van der Waals surface area contributed by atoms with Crippen LogP contribution in [0.2, 0.25) is 0 Å². The first-order chi connectivity index (χ1) is 10.3. The van der Waals surface area contributed by atoms with Crippen molar-refractivity contribution in [3.8, 4) is 11.5 Å². The van der Waals surface area contributed by atoms with Crippen molar-refractivity contribution < 1.29 is 9.47 Å². The van der Waals surface area contributed by atoms with E-state index in [2.05, 4.69) is 36.6 Å². The molecule has 0 bridgehead atoms. The molecule has 21 heavy (non-hydrogen) atoms. The number of benzene rings is 1. The number of rotatable bonds is 8. The van der Waals surface area contributed by atoms with Gasteiger partial charge in [-0.15, -0.1) is 11.3 Å². The van der Waals surface area contributed by atoms with Crippen molar-refractivity contribution in [1.82, 2.24) is 0 Å². The Morgan fingerprint density at radius 3 is 2.71 bits per heavy atom. The Morgan fingerprint density at radius 2 is 2.10 bits per heavy atom. The molecule has 1 unspecified atom stereocenters. The van der Waals surface area contributed by atoms with Crippen molar-refractivity contribution in [2.45, 2.75) is 25.7 Å². The quantitative estimate of drug-likeness (QED) is 0.806. The number of thiophene rings is 1. The van der Waals surface area contributed by atoms with E-state index in [1.807, 2.05) is 6.07 Å². The summed E-state index contributed by atoms with van der Waals surface area (Å²) in [6.07, 6.45) is 1.90. The molecule has 2 N–H and O–H groups in total. The molecule has 0 saturated carbocycles. The Kier molecular flexibility index (Phi) is 6.08. The Bertz CT molecular complexity index is 540. The Labute approximate surface area is 130 Å². The predicted molar refractivity (Wildman–Crippen MR) is 88.6 cm³/mol. The van der Waals surface area contributed by atoms with E-state index < -0.39 is 0 Å². The highest BCUT2D eigenvalue weighted by molar-refractivity contribution is 7.10. The fourth-order valence-electron chi connectivity index (χ4n) is 2.28. The van der Waals surface area contributed by atoms with E-state index in [0.717, 1.165) is 24.3 Å². The van der Waals surface area contributed by atoms with E-state index in [9.17, 15) is 0 Å². The zero-order chi connectivity index (χ0) is 15.1. The molecule has 0 radical (unpaired) electrons. The molecular formula is C17H23NO2S. The van der Waals surface area contributed by atoms with Crippen LogP contribution in [0.1, 0.15) is 29.7 Å². The third-order valence-corrected chi connectivity index (χ3v) is 4.44. The van der Waals surface area contributed by atoms with Crippen LogP contribution in [0.5, 0.6) is 11.5 Å². The van der Waals surface area contributed by atoms with Gasteiger partial charge in [-0.25, -0.2) is 0 Å². The molecule has 0 aliphatic carbocycles. The third kappa shape index (κ3) is 4.22. The first kappa shape index (κ1) is 15.9. The van der Waals surface area contributed by atoms with Crippen molar-refractivity contribution in [2.75, 3.05) is 20.3 Å². The molecular weight excluding hydrogens is 282 g/mol. The summed E-state index contributed by atoms with van der Waals surface area (Å²) in [4.78, 5) is 1.34. The molecule has 0 amide bonds. The lowest BCUT2D eigenvalue weighted by molar-refractivity contribution is 0.294. The smallest absolute Gasteiger partial charge is 0.161 e. The van der Waals surface area contributed by atoms with Gasteiger partial charge in [0.15, 0.2) is 11.5 Å². The zero-order valence-corrected chi connectivity index (χ0v) is 13.5. The van der Waals surface area contributed by atoms with Crippen LogP contribution in [0.4, 0.5) is 0 Å². The van der Waals surface area contributed by atoms with Gasteiger partial charge in [0.05, 0.1) is 13.7 Å². The van der Waals surface area contributed by atoms with E-state index in [4.69, 9.17) is 15.2 Å². The lowest BCUT2D eigenvalue weighted by Gasteiger charge is -2.15. The van der Waals surface area contributed by atoms with Crippen LogP contribution in [0.3, 0.4) is 0 Å². The molecule has 1 heterocycles. The molecule has 0 fully saturated rings. The molecule has 1 aromatic carbocycles. The molecule has 1 atom stereocenters. The van der Waals surface area contributed by atoms with Gasteiger partial charge in [-0.2, -0.15) is 0 Å². The van der Waals surface area contributed by atoms with E-state index >= 15 is 0 Å². The van der Waals surface area contributed by atoms with E-state index in [1.54, 1.807) is 18.4 Å². The van der Waals surface area contributed by atoms with Gasteiger partial charge in [-0.05, 0) is 42.0 Å². The molecule has 3 nitrogen and oxygen atoms in total. The second-order valence-corrected chi connectivity index (χ2v) is 5.97. The van der Waals surface area contributed by atoms with Gasteiger partial charge in [0, 0.05) is 17.3 Å². The molecule has 0 aliphatic heterocycles. The molecule has 0 spiro atoms. The van der Waals surface area contributed by atoms with Gasteiger partial charge in [0.25, 0.3) is 0 Å². The predicted octanol–water partition coefficient (Wildman–Crippen LogP) is 3.83. The molecule has 4 heteroatoms. The van der Waals surface area contributed by atoms with Crippen LogP contribution in [-0.4, -0.2) is 20.3 Å². The number of hydrogen-bond acceptors (Lipinski definition) is 4. The van der Waals surface area contributed by atoms with Crippen molar-refractivity contribution in [2.24, 2.45) is 5.73 Å². The molecule has 0 saturated heterocycles. The van der Waals surface area contributed by atoms with Crippen LogP contribution in [0, 0.1) is 0 Å². The molecule has 2 rings (SSSR count). The average Bonchev–Trinajstić information content (AvgIpc) is 3.05. The summed E-state index contributed by atoms with van der Waals surface area (Å²) >= 11 is 1.76. The van der Waals surface area contributed by atoms with E-state index in [-0.39, 0.29) is 0 Å². The number of hydrogen-bond donors (Lipinski definition) is 1. The van der Waals surface area contributed by atoms with Crippen molar-refractivity contribution in [3.05, 3.63) is 46.2 Å². The Balaban J connectivity index is 2.12. The highest BCUT2D eigenvalue weighted by Crippen LogP contribution is 2.31. The average molecular weight is 305 g/mol. The van der Waals surface area contributed by atoms with Gasteiger partial charge in [-0.1, -0.05) is 19.1 Å². The normalized spacial score (nSPS) is 12.1. The monoisotopic (exact) mass is 305 g/mol. The first-order valence-electron chi connectivity index (χ1n) is 7.31. The van der Waals surface area contributed by atoms with E-state index in [1.165, 1.54) is 10.4 Å². The highest BCUT2D eigenvalue weighted by Gasteiger charge is 2.13. The summed E-state index contributed by atoms with van der Waals surface area (Å²) in [7, 11) is 1.68. The maximum absolute atomic E-state index is 5.93. The summed E-state index contributed by atoms with van der Waals surface area (Å²) in [5.41, 5.74) is 7.15. The van der Waals surface area contributed by atoms with Crippen LogP contribution in [0.15, 0.2) is 35.7 Å². The summed E-state index contributed by atoms with van der Waals surface area (Å²) in [6.45, 7) is 3.45. The summed E-state index contributed by atoms with van der Waals surface area (Å²) in [5, 5.41) is 2.10. The molecule has 2 aromatic rings. The second-order valence-electron chi connectivity index (χ2n) is 4.99. The van der Waals surface area contributed by atoms with Gasteiger partial charge < -0.3 is 15.2 Å². The lowest BCUT2D eigenvalue weighted by Crippen LogP contribution is -2.14. The van der Waals surface area contributed by atoms with Gasteiger partial charge in [-0.3, -0.25) is 0 Å². The maximum Gasteiger partial charge on any atom is 0.161 e. The topological polar surface area (TPSA) is 44.5 Å². The third-order valence-electron chi connectivity index (χ3n) is 3.40. The van der Waals surface area contributed by atoms with Crippen molar-refractivity contribution in [1.29, 1.82) is 0 Å². The number of nitrogens with two attached hydrogens (primary N) is 1. The van der Waals surface area contributed by atoms with E-state index in [0.29, 0.717) is 19.1 Å². The van der Waals surface area contributed by atoms with Gasteiger partial charge >= 0.3 is 0 Å². The Morgan fingerprint density at radius 1 is 1.24 bits per heavy atom. The summed E-state index contributed by atoms with van der Waals surface area (Å²) < 4.78 is 11.1. The number of methoxy groups -OCH3 is 1. The molecule has 114 valence electrons. The van der Waals surface area contributed by atoms with Gasteiger partial charge in [0.2, 0.25) is 0 Å².